The zero-order valence-corrected chi connectivity index (χ0v) is 13.7. The number of anilines is 1. The number of nitrogens with one attached hydrogen (secondary N) is 1. The third-order valence-electron chi connectivity index (χ3n) is 3.84. The number of carbonyl (C=O) groups excluding carboxylic acids is 1. The standard InChI is InChI=1S/C17H22N4O3/c1-2-3-14(18)16(22)19-12-6-8-13(9-7-12)23-10-15-20-17(24-21-15)11-4-5-11/h6-9,11,14H,2-5,10,18H2,1H3,(H,19,22). The van der Waals surface area contributed by atoms with E-state index in [1.54, 1.807) is 24.3 Å². The third-order valence-corrected chi connectivity index (χ3v) is 3.84. The van der Waals surface area contributed by atoms with Crippen LogP contribution in [0.15, 0.2) is 28.8 Å². The number of nitrogens with zero attached hydrogens (tertiary/aromatic N) is 2. The third kappa shape index (κ3) is 4.32. The number of amides is 1. The molecule has 0 spiro atoms. The Morgan fingerprint density at radius 3 is 2.83 bits per heavy atom. The van der Waals surface area contributed by atoms with E-state index in [2.05, 4.69) is 15.5 Å². The number of rotatable bonds is 8. The number of ether oxygens (including phenoxy) is 1. The van der Waals surface area contributed by atoms with Crippen LogP contribution in [-0.2, 0) is 11.4 Å². The van der Waals surface area contributed by atoms with Gasteiger partial charge >= 0.3 is 0 Å². The molecule has 1 aromatic carbocycles. The van der Waals surface area contributed by atoms with Crippen LogP contribution in [0.5, 0.6) is 5.75 Å². The summed E-state index contributed by atoms with van der Waals surface area (Å²) in [6.45, 7) is 2.25. The Labute approximate surface area is 140 Å². The molecular weight excluding hydrogens is 308 g/mol. The highest BCUT2D eigenvalue weighted by Crippen LogP contribution is 2.38. The van der Waals surface area contributed by atoms with Crippen molar-refractivity contribution in [2.24, 2.45) is 5.73 Å². The summed E-state index contributed by atoms with van der Waals surface area (Å²) >= 11 is 0. The molecule has 1 atom stereocenters. The molecule has 7 heteroatoms. The van der Waals surface area contributed by atoms with Gasteiger partial charge in [0, 0.05) is 11.6 Å². The predicted molar refractivity (Wildman–Crippen MR) is 88.6 cm³/mol. The van der Waals surface area contributed by atoms with E-state index in [-0.39, 0.29) is 12.5 Å². The Morgan fingerprint density at radius 2 is 2.17 bits per heavy atom. The number of aromatic nitrogens is 2. The highest BCUT2D eigenvalue weighted by atomic mass is 16.5. The molecule has 24 heavy (non-hydrogen) atoms. The topological polar surface area (TPSA) is 103 Å². The molecule has 0 aliphatic heterocycles. The summed E-state index contributed by atoms with van der Waals surface area (Å²) in [6.07, 6.45) is 3.79. The summed E-state index contributed by atoms with van der Waals surface area (Å²) in [6, 6.07) is 6.63. The largest absolute Gasteiger partial charge is 0.485 e. The first-order valence-corrected chi connectivity index (χ1v) is 8.27. The van der Waals surface area contributed by atoms with Gasteiger partial charge < -0.3 is 20.3 Å². The Hall–Kier alpha value is -2.41. The second-order valence-corrected chi connectivity index (χ2v) is 6.02. The lowest BCUT2D eigenvalue weighted by Gasteiger charge is -2.11. The molecule has 3 rings (SSSR count). The van der Waals surface area contributed by atoms with Crippen LogP contribution in [0.4, 0.5) is 5.69 Å². The lowest BCUT2D eigenvalue weighted by Crippen LogP contribution is -2.35. The first kappa shape index (κ1) is 16.4. The molecular formula is C17H22N4O3. The van der Waals surface area contributed by atoms with Gasteiger partial charge in [-0.2, -0.15) is 4.98 Å². The molecule has 1 unspecified atom stereocenters. The van der Waals surface area contributed by atoms with Crippen LogP contribution in [0.25, 0.3) is 0 Å². The molecule has 0 bridgehead atoms. The van der Waals surface area contributed by atoms with E-state index in [0.717, 1.165) is 19.3 Å². The normalized spacial score (nSPS) is 15.1. The number of carbonyl (C=O) groups is 1. The van der Waals surface area contributed by atoms with Crippen molar-refractivity contribution in [3.8, 4) is 5.75 Å². The van der Waals surface area contributed by atoms with Crippen molar-refractivity contribution in [3.63, 3.8) is 0 Å². The Balaban J connectivity index is 1.49. The maximum Gasteiger partial charge on any atom is 0.241 e. The minimum atomic E-state index is -0.482. The van der Waals surface area contributed by atoms with E-state index in [0.29, 0.717) is 35.5 Å². The van der Waals surface area contributed by atoms with Gasteiger partial charge in [0.2, 0.25) is 17.6 Å². The molecule has 0 radical (unpaired) electrons. The van der Waals surface area contributed by atoms with E-state index in [4.69, 9.17) is 15.0 Å². The molecule has 1 aliphatic rings. The molecule has 1 amide bonds. The molecule has 1 heterocycles. The van der Waals surface area contributed by atoms with E-state index >= 15 is 0 Å². The van der Waals surface area contributed by atoms with Gasteiger partial charge in [0.15, 0.2) is 6.61 Å². The molecule has 1 fully saturated rings. The van der Waals surface area contributed by atoms with Gasteiger partial charge in [-0.05, 0) is 43.5 Å². The van der Waals surface area contributed by atoms with Crippen molar-refractivity contribution in [1.29, 1.82) is 0 Å². The van der Waals surface area contributed by atoms with Crippen molar-refractivity contribution >= 4 is 11.6 Å². The molecule has 1 saturated carbocycles. The Kier molecular flexibility index (Phi) is 5.10. The summed E-state index contributed by atoms with van der Waals surface area (Å²) in [7, 11) is 0. The molecule has 7 nitrogen and oxygen atoms in total. The van der Waals surface area contributed by atoms with Gasteiger partial charge in [0.1, 0.15) is 5.75 Å². The Bertz CT molecular complexity index is 679. The first-order chi connectivity index (χ1) is 11.7. The van der Waals surface area contributed by atoms with Crippen LogP contribution in [0, 0.1) is 0 Å². The molecule has 2 aromatic rings. The molecule has 3 N–H and O–H groups in total. The SMILES string of the molecule is CCCC(N)C(=O)Nc1ccc(OCc2noc(C3CC3)n2)cc1. The highest BCUT2D eigenvalue weighted by Gasteiger charge is 2.29. The van der Waals surface area contributed by atoms with Crippen LogP contribution < -0.4 is 15.8 Å². The van der Waals surface area contributed by atoms with Gasteiger partial charge in [-0.25, -0.2) is 0 Å². The van der Waals surface area contributed by atoms with E-state index in [9.17, 15) is 4.79 Å². The summed E-state index contributed by atoms with van der Waals surface area (Å²) in [5.41, 5.74) is 6.48. The van der Waals surface area contributed by atoms with Gasteiger partial charge in [0.05, 0.1) is 6.04 Å². The molecule has 0 saturated heterocycles. The van der Waals surface area contributed by atoms with Gasteiger partial charge in [0.25, 0.3) is 0 Å². The second-order valence-electron chi connectivity index (χ2n) is 6.02. The maximum atomic E-state index is 11.9. The molecule has 128 valence electrons. The highest BCUT2D eigenvalue weighted by molar-refractivity contribution is 5.94. The van der Waals surface area contributed by atoms with Crippen LogP contribution in [0.3, 0.4) is 0 Å². The van der Waals surface area contributed by atoms with Crippen LogP contribution in [-0.4, -0.2) is 22.1 Å². The van der Waals surface area contributed by atoms with Gasteiger partial charge in [-0.1, -0.05) is 18.5 Å². The zero-order valence-electron chi connectivity index (χ0n) is 13.7. The first-order valence-electron chi connectivity index (χ1n) is 8.27. The lowest BCUT2D eigenvalue weighted by atomic mass is 10.1. The van der Waals surface area contributed by atoms with Crippen molar-refractivity contribution in [2.45, 2.75) is 51.2 Å². The quantitative estimate of drug-likeness (QED) is 0.771. The summed E-state index contributed by atoms with van der Waals surface area (Å²) in [5, 5.41) is 6.70. The van der Waals surface area contributed by atoms with Crippen molar-refractivity contribution in [2.75, 3.05) is 5.32 Å². The fourth-order valence-corrected chi connectivity index (χ4v) is 2.28. The number of hydrogen-bond acceptors (Lipinski definition) is 6. The van der Waals surface area contributed by atoms with Gasteiger partial charge in [-0.15, -0.1) is 0 Å². The van der Waals surface area contributed by atoms with Crippen molar-refractivity contribution in [1.82, 2.24) is 10.1 Å². The van der Waals surface area contributed by atoms with Crippen LogP contribution >= 0.6 is 0 Å². The van der Waals surface area contributed by atoms with E-state index in [1.807, 2.05) is 6.92 Å². The molecule has 1 aromatic heterocycles. The van der Waals surface area contributed by atoms with Gasteiger partial charge in [-0.3, -0.25) is 4.79 Å². The average Bonchev–Trinajstić information content (AvgIpc) is 3.33. The van der Waals surface area contributed by atoms with E-state index < -0.39 is 6.04 Å². The van der Waals surface area contributed by atoms with Crippen LogP contribution in [0.2, 0.25) is 0 Å². The monoisotopic (exact) mass is 330 g/mol. The molecule has 1 aliphatic carbocycles. The number of benzene rings is 1. The van der Waals surface area contributed by atoms with Crippen LogP contribution in [0.1, 0.15) is 50.2 Å². The second kappa shape index (κ2) is 7.44. The zero-order chi connectivity index (χ0) is 16.9. The lowest BCUT2D eigenvalue weighted by molar-refractivity contribution is -0.117. The summed E-state index contributed by atoms with van der Waals surface area (Å²) in [4.78, 5) is 16.2. The fraction of sp³-hybridized carbons (Fsp3) is 0.471. The minimum absolute atomic E-state index is 0.176. The van der Waals surface area contributed by atoms with Crippen molar-refractivity contribution < 1.29 is 14.1 Å². The fourth-order valence-electron chi connectivity index (χ4n) is 2.28. The predicted octanol–water partition coefficient (Wildman–Crippen LogP) is 2.59. The maximum absolute atomic E-state index is 11.9. The minimum Gasteiger partial charge on any atom is -0.485 e. The smallest absolute Gasteiger partial charge is 0.241 e. The van der Waals surface area contributed by atoms with Crippen molar-refractivity contribution in [3.05, 3.63) is 36.0 Å². The summed E-state index contributed by atoms with van der Waals surface area (Å²) in [5.74, 6) is 2.18. The Morgan fingerprint density at radius 1 is 1.42 bits per heavy atom. The summed E-state index contributed by atoms with van der Waals surface area (Å²) < 4.78 is 10.8. The van der Waals surface area contributed by atoms with E-state index in [1.165, 1.54) is 0 Å². The number of hydrogen-bond donors (Lipinski definition) is 2. The number of nitrogens with two attached hydrogens (primary N) is 1. The average molecular weight is 330 g/mol.